The Morgan fingerprint density at radius 2 is 1.69 bits per heavy atom. The van der Waals surface area contributed by atoms with Gasteiger partial charge >= 0.3 is 6.18 Å². The summed E-state index contributed by atoms with van der Waals surface area (Å²) < 4.78 is 79.9. The number of halogens is 4. The number of ether oxygens (including phenoxy) is 2. The number of benzene rings is 4. The molecule has 0 saturated carbocycles. The predicted octanol–water partition coefficient (Wildman–Crippen LogP) is 6.67. The summed E-state index contributed by atoms with van der Waals surface area (Å²) in [7, 11) is -3.89. The molecule has 0 aliphatic carbocycles. The van der Waals surface area contributed by atoms with E-state index in [4.69, 9.17) is 19.6 Å². The fourth-order valence-corrected chi connectivity index (χ4v) is 6.89. The van der Waals surface area contributed by atoms with E-state index in [1.165, 1.54) is 24.3 Å². The van der Waals surface area contributed by atoms with Gasteiger partial charge in [-0.05, 0) is 71.8 Å². The topological polar surface area (TPSA) is 114 Å². The Hall–Kier alpha value is -4.20. The minimum absolute atomic E-state index is 0.0158. The quantitative estimate of drug-likeness (QED) is 0.148. The molecule has 0 saturated heterocycles. The van der Waals surface area contributed by atoms with Crippen LogP contribution in [0.3, 0.4) is 0 Å². The minimum atomic E-state index is -4.57. The van der Waals surface area contributed by atoms with Crippen molar-refractivity contribution in [2.24, 2.45) is 4.99 Å². The summed E-state index contributed by atoms with van der Waals surface area (Å²) in [5, 5.41) is 11.8. The highest BCUT2D eigenvalue weighted by molar-refractivity contribution is 9.10. The SMILES string of the molecule is O=C(NCc1cccc(C(F)(F)F)c1)[C@]1(CCS(=O)(=O)c2ccccc2)N=C(c2ccc(OCCCO)cc2)O[C@@H]1c1ccc(Br)cc1. The summed E-state index contributed by atoms with van der Waals surface area (Å²) in [5.41, 5.74) is -1.47. The molecule has 5 rings (SSSR count). The van der Waals surface area contributed by atoms with Crippen molar-refractivity contribution in [2.75, 3.05) is 19.0 Å². The largest absolute Gasteiger partial charge is 0.494 e. The highest BCUT2D eigenvalue weighted by Gasteiger charge is 2.53. The standard InChI is InChI=1S/C35H32BrF3N2O6S/c36-28-14-10-25(11-15-28)31-34(18-21-48(44,45)30-8-2-1-3-9-30,33(43)40-23-24-6-4-7-27(22-24)35(37,38)39)41-32(47-31)26-12-16-29(17-13-26)46-20-5-19-42/h1-4,6-17,22,31,42H,5,18-21,23H2,(H,40,43)/t31-,34-/m1/s1. The van der Waals surface area contributed by atoms with Crippen molar-refractivity contribution >= 4 is 37.6 Å². The summed E-state index contributed by atoms with van der Waals surface area (Å²) >= 11 is 3.41. The lowest BCUT2D eigenvalue weighted by molar-refractivity contribution is -0.137. The lowest BCUT2D eigenvalue weighted by Crippen LogP contribution is -2.49. The second-order valence-electron chi connectivity index (χ2n) is 11.1. The Morgan fingerprint density at radius 3 is 2.35 bits per heavy atom. The van der Waals surface area contributed by atoms with Crippen molar-refractivity contribution in [2.45, 2.75) is 42.1 Å². The maximum atomic E-state index is 14.3. The second kappa shape index (κ2) is 14.9. The first kappa shape index (κ1) is 35.1. The molecule has 13 heteroatoms. The van der Waals surface area contributed by atoms with E-state index < -0.39 is 44.9 Å². The fraction of sp³-hybridized carbons (Fsp3) is 0.257. The van der Waals surface area contributed by atoms with Crippen LogP contribution < -0.4 is 10.1 Å². The second-order valence-corrected chi connectivity index (χ2v) is 14.1. The Morgan fingerprint density at radius 1 is 0.979 bits per heavy atom. The van der Waals surface area contributed by atoms with Gasteiger partial charge in [-0.3, -0.25) is 4.79 Å². The normalized spacial score (nSPS) is 17.8. The molecule has 4 aromatic rings. The van der Waals surface area contributed by atoms with E-state index in [0.29, 0.717) is 29.9 Å². The molecule has 0 aromatic heterocycles. The minimum Gasteiger partial charge on any atom is -0.494 e. The number of hydrogen-bond donors (Lipinski definition) is 2. The van der Waals surface area contributed by atoms with Gasteiger partial charge in [0.05, 0.1) is 22.8 Å². The number of aliphatic hydroxyl groups is 1. The molecule has 0 fully saturated rings. The Bertz CT molecular complexity index is 1850. The fourth-order valence-electron chi connectivity index (χ4n) is 5.24. The van der Waals surface area contributed by atoms with Crippen molar-refractivity contribution in [3.05, 3.63) is 130 Å². The average Bonchev–Trinajstić information content (AvgIpc) is 3.48. The van der Waals surface area contributed by atoms with Crippen molar-refractivity contribution in [3.63, 3.8) is 0 Å². The van der Waals surface area contributed by atoms with Crippen molar-refractivity contribution in [1.29, 1.82) is 0 Å². The zero-order valence-electron chi connectivity index (χ0n) is 25.5. The van der Waals surface area contributed by atoms with Gasteiger partial charge < -0.3 is 19.9 Å². The molecule has 48 heavy (non-hydrogen) atoms. The molecule has 1 amide bonds. The zero-order chi connectivity index (χ0) is 34.4. The number of aliphatic hydroxyl groups excluding tert-OH is 1. The number of sulfone groups is 1. The number of nitrogens with zero attached hydrogens (tertiary/aromatic N) is 1. The maximum absolute atomic E-state index is 14.3. The Balaban J connectivity index is 1.54. The van der Waals surface area contributed by atoms with Gasteiger partial charge in [-0.15, -0.1) is 0 Å². The van der Waals surface area contributed by atoms with E-state index in [2.05, 4.69) is 21.2 Å². The van der Waals surface area contributed by atoms with Crippen molar-refractivity contribution in [3.8, 4) is 5.75 Å². The number of alkyl halides is 3. The van der Waals surface area contributed by atoms with Gasteiger partial charge in [-0.25, -0.2) is 13.4 Å². The first-order chi connectivity index (χ1) is 22.9. The molecule has 0 spiro atoms. The van der Waals surface area contributed by atoms with Gasteiger partial charge in [-0.1, -0.05) is 58.4 Å². The molecule has 0 unspecified atom stereocenters. The summed E-state index contributed by atoms with van der Waals surface area (Å²) in [5.74, 6) is -0.570. The van der Waals surface area contributed by atoms with Crippen LogP contribution in [0.25, 0.3) is 0 Å². The molecule has 252 valence electrons. The Kier molecular flexibility index (Phi) is 10.9. The third kappa shape index (κ3) is 8.26. The number of hydrogen-bond acceptors (Lipinski definition) is 7. The van der Waals surface area contributed by atoms with Gasteiger partial charge in [-0.2, -0.15) is 13.2 Å². The molecular weight excluding hydrogens is 713 g/mol. The molecule has 8 nitrogen and oxygen atoms in total. The molecule has 1 heterocycles. The van der Waals surface area contributed by atoms with E-state index in [1.54, 1.807) is 66.7 Å². The van der Waals surface area contributed by atoms with Gasteiger partial charge in [0.25, 0.3) is 5.91 Å². The monoisotopic (exact) mass is 744 g/mol. The number of carbonyl (C=O) groups is 1. The molecule has 0 bridgehead atoms. The summed E-state index contributed by atoms with van der Waals surface area (Å²) in [6.07, 6.45) is -5.51. The molecule has 4 aromatic carbocycles. The smallest absolute Gasteiger partial charge is 0.416 e. The first-order valence-electron chi connectivity index (χ1n) is 15.0. The first-order valence-corrected chi connectivity index (χ1v) is 17.4. The van der Waals surface area contributed by atoms with E-state index in [1.807, 2.05) is 0 Å². The zero-order valence-corrected chi connectivity index (χ0v) is 27.9. The van der Waals surface area contributed by atoms with Gasteiger partial charge in [0.15, 0.2) is 21.5 Å². The molecule has 1 aliphatic heterocycles. The lowest BCUT2D eigenvalue weighted by atomic mass is 9.85. The van der Waals surface area contributed by atoms with Gasteiger partial charge in [0.1, 0.15) is 5.75 Å². The summed E-state index contributed by atoms with van der Waals surface area (Å²) in [4.78, 5) is 19.2. The number of aliphatic imine (C=N–C) groups is 1. The van der Waals surface area contributed by atoms with Gasteiger partial charge in [0, 0.05) is 36.0 Å². The van der Waals surface area contributed by atoms with Crippen LogP contribution in [-0.2, 0) is 32.1 Å². The van der Waals surface area contributed by atoms with Crippen LogP contribution >= 0.6 is 15.9 Å². The van der Waals surface area contributed by atoms with Crippen molar-refractivity contribution in [1.82, 2.24) is 5.32 Å². The van der Waals surface area contributed by atoms with Crippen LogP contribution in [-0.4, -0.2) is 49.8 Å². The van der Waals surface area contributed by atoms with Crippen LogP contribution in [0, 0.1) is 0 Å². The van der Waals surface area contributed by atoms with Crippen LogP contribution in [0.1, 0.15) is 41.2 Å². The number of nitrogens with one attached hydrogen (secondary N) is 1. The molecule has 2 N–H and O–H groups in total. The predicted molar refractivity (Wildman–Crippen MR) is 177 cm³/mol. The maximum Gasteiger partial charge on any atom is 0.416 e. The van der Waals surface area contributed by atoms with Crippen molar-refractivity contribution < 1.29 is 41.0 Å². The number of carbonyl (C=O) groups excluding carboxylic acids is 1. The van der Waals surface area contributed by atoms with Crippen LogP contribution in [0.2, 0.25) is 0 Å². The summed E-state index contributed by atoms with van der Waals surface area (Å²) in [6.45, 7) is 0.0236. The van der Waals surface area contributed by atoms with E-state index >= 15 is 0 Å². The molecular formula is C35H32BrF3N2O6S. The highest BCUT2D eigenvalue weighted by atomic mass is 79.9. The third-order valence-corrected chi connectivity index (χ3v) is 10.0. The summed E-state index contributed by atoms with van der Waals surface area (Å²) in [6, 6.07) is 26.1. The molecule has 1 aliphatic rings. The highest BCUT2D eigenvalue weighted by Crippen LogP contribution is 2.43. The number of rotatable bonds is 13. The molecule has 0 radical (unpaired) electrons. The van der Waals surface area contributed by atoms with Crippen LogP contribution in [0.15, 0.2) is 117 Å². The van der Waals surface area contributed by atoms with Gasteiger partial charge in [0.2, 0.25) is 5.90 Å². The third-order valence-electron chi connectivity index (χ3n) is 7.76. The lowest BCUT2D eigenvalue weighted by Gasteiger charge is -2.30. The van der Waals surface area contributed by atoms with Crippen LogP contribution in [0.5, 0.6) is 5.75 Å². The van der Waals surface area contributed by atoms with Crippen LogP contribution in [0.4, 0.5) is 13.2 Å². The Labute approximate surface area is 284 Å². The van der Waals surface area contributed by atoms with E-state index in [-0.39, 0.29) is 35.9 Å². The van der Waals surface area contributed by atoms with E-state index in [9.17, 15) is 26.4 Å². The molecule has 2 atom stereocenters. The number of amides is 1. The van der Waals surface area contributed by atoms with E-state index in [0.717, 1.165) is 16.6 Å². The average molecular weight is 746 g/mol.